The summed E-state index contributed by atoms with van der Waals surface area (Å²) >= 11 is 0. The minimum Gasteiger partial charge on any atom is -0.461 e. The monoisotopic (exact) mass is 482 g/mol. The Kier molecular flexibility index (Phi) is 7.00. The zero-order valence-corrected chi connectivity index (χ0v) is 20.9. The number of hydrogen-bond acceptors (Lipinski definition) is 7. The molecule has 1 unspecified atom stereocenters. The number of halogens is 1. The van der Waals surface area contributed by atoms with Crippen LogP contribution in [0.1, 0.15) is 58.7 Å². The first-order valence-electron chi connectivity index (χ1n) is 12.0. The summed E-state index contributed by atoms with van der Waals surface area (Å²) in [6.07, 6.45) is 4.20. The maximum Gasteiger partial charge on any atom is 0.528 e. The van der Waals surface area contributed by atoms with Gasteiger partial charge < -0.3 is 14.8 Å². The fourth-order valence-corrected chi connectivity index (χ4v) is 4.43. The summed E-state index contributed by atoms with van der Waals surface area (Å²) < 4.78 is 25.3. The third-order valence-corrected chi connectivity index (χ3v) is 5.88. The minimum absolute atomic E-state index is 0.118. The van der Waals surface area contributed by atoms with Gasteiger partial charge in [-0.1, -0.05) is 0 Å². The highest BCUT2D eigenvalue weighted by molar-refractivity contribution is 5.99. The van der Waals surface area contributed by atoms with Crippen molar-refractivity contribution in [2.75, 3.05) is 13.1 Å². The van der Waals surface area contributed by atoms with Crippen LogP contribution in [0.4, 0.5) is 9.18 Å². The summed E-state index contributed by atoms with van der Waals surface area (Å²) in [4.78, 5) is 27.7. The van der Waals surface area contributed by atoms with Crippen LogP contribution < -0.4 is 10.1 Å². The molecule has 2 aromatic rings. The molecule has 0 bridgehead atoms. The van der Waals surface area contributed by atoms with E-state index in [1.54, 1.807) is 30.7 Å². The number of benzene rings is 1. The number of hydrogen-bond donors (Lipinski definition) is 1. The average Bonchev–Trinajstić information content (AvgIpc) is 3.20. The van der Waals surface area contributed by atoms with Crippen LogP contribution in [0.3, 0.4) is 0 Å². The number of ether oxygens (including phenoxy) is 2. The first-order valence-corrected chi connectivity index (χ1v) is 12.0. The van der Waals surface area contributed by atoms with Gasteiger partial charge in [0.2, 0.25) is 12.0 Å². The van der Waals surface area contributed by atoms with Crippen LogP contribution in [0.2, 0.25) is 0 Å². The van der Waals surface area contributed by atoms with Gasteiger partial charge in [0.05, 0.1) is 6.10 Å². The highest BCUT2D eigenvalue weighted by atomic mass is 19.1. The number of quaternary nitrogens is 1. The molecule has 1 saturated heterocycles. The molecule has 8 nitrogen and oxygen atoms in total. The van der Waals surface area contributed by atoms with E-state index in [1.165, 1.54) is 12.1 Å². The van der Waals surface area contributed by atoms with E-state index in [0.717, 1.165) is 25.9 Å². The van der Waals surface area contributed by atoms with Crippen LogP contribution in [-0.4, -0.2) is 57.7 Å². The number of rotatable bonds is 5. The van der Waals surface area contributed by atoms with Crippen LogP contribution in [0, 0.1) is 5.82 Å². The van der Waals surface area contributed by atoms with Crippen molar-refractivity contribution in [3.8, 4) is 6.01 Å². The van der Waals surface area contributed by atoms with Gasteiger partial charge in [-0.05, 0) is 65.0 Å². The van der Waals surface area contributed by atoms with Crippen molar-refractivity contribution < 1.29 is 23.1 Å². The van der Waals surface area contributed by atoms with E-state index >= 15 is 0 Å². The predicted octanol–water partition coefficient (Wildman–Crippen LogP) is 4.77. The Morgan fingerprint density at radius 1 is 1.14 bits per heavy atom. The molecule has 2 aliphatic rings. The van der Waals surface area contributed by atoms with E-state index in [2.05, 4.69) is 15.3 Å². The highest BCUT2D eigenvalue weighted by Gasteiger charge is 2.55. The zero-order chi connectivity index (χ0) is 25.2. The van der Waals surface area contributed by atoms with Gasteiger partial charge in [-0.25, -0.2) is 9.37 Å². The van der Waals surface area contributed by atoms with E-state index in [-0.39, 0.29) is 28.5 Å². The first kappa shape index (κ1) is 24.9. The molecular formula is C26H33FN5O3+. The van der Waals surface area contributed by atoms with E-state index in [9.17, 15) is 9.18 Å². The number of piperidine rings is 1. The fourth-order valence-electron chi connectivity index (χ4n) is 4.43. The van der Waals surface area contributed by atoms with Crippen LogP contribution in [0.15, 0.2) is 41.5 Å². The molecule has 35 heavy (non-hydrogen) atoms. The van der Waals surface area contributed by atoms with Crippen LogP contribution in [-0.2, 0) is 4.74 Å². The number of aromatic nitrogens is 2. The van der Waals surface area contributed by atoms with Gasteiger partial charge in [0.1, 0.15) is 28.9 Å². The number of amides is 1. The lowest BCUT2D eigenvalue weighted by molar-refractivity contribution is -0.715. The molecule has 0 radical (unpaired) electrons. The summed E-state index contributed by atoms with van der Waals surface area (Å²) in [7, 11) is 0. The lowest BCUT2D eigenvalue weighted by Crippen LogP contribution is -2.59. The molecule has 0 aliphatic carbocycles. The third-order valence-electron chi connectivity index (χ3n) is 5.88. The second kappa shape index (κ2) is 9.83. The quantitative estimate of drug-likeness (QED) is 0.618. The van der Waals surface area contributed by atoms with Gasteiger partial charge in [0.15, 0.2) is 0 Å². The van der Waals surface area contributed by atoms with Gasteiger partial charge in [0, 0.05) is 37.7 Å². The largest absolute Gasteiger partial charge is 0.528 e. The Hall–Kier alpha value is -3.17. The Balaban J connectivity index is 1.95. The van der Waals surface area contributed by atoms with Crippen LogP contribution in [0.25, 0.3) is 11.4 Å². The number of carbonyl (C=O) groups is 1. The molecule has 1 aromatic carbocycles. The van der Waals surface area contributed by atoms with Gasteiger partial charge in [-0.3, -0.25) is 0 Å². The first-order chi connectivity index (χ1) is 16.6. The average molecular weight is 483 g/mol. The molecule has 1 atom stereocenters. The molecule has 1 aromatic heterocycles. The SMILES string of the molecule is CC(C)Oc1nccc(C2=C(c3ccc(F)cc3)N=C[N+]2(C(=O)OC(C)(C)C)C2CCNCC2)n1. The second-order valence-corrected chi connectivity index (χ2v) is 10.1. The van der Waals surface area contributed by atoms with Gasteiger partial charge >= 0.3 is 12.1 Å². The maximum absolute atomic E-state index is 14.0. The summed E-state index contributed by atoms with van der Waals surface area (Å²) in [5.41, 5.74) is 1.61. The molecule has 2 aliphatic heterocycles. The van der Waals surface area contributed by atoms with Crippen molar-refractivity contribution in [1.29, 1.82) is 0 Å². The molecule has 0 spiro atoms. The number of aliphatic imine (C=N–C) groups is 1. The Morgan fingerprint density at radius 2 is 1.83 bits per heavy atom. The molecule has 186 valence electrons. The Labute approximate surface area is 205 Å². The number of nitrogens with zero attached hydrogens (tertiary/aromatic N) is 4. The van der Waals surface area contributed by atoms with Gasteiger partial charge in [0.25, 0.3) is 0 Å². The van der Waals surface area contributed by atoms with Crippen molar-refractivity contribution in [2.45, 2.75) is 65.2 Å². The van der Waals surface area contributed by atoms with Gasteiger partial charge in [-0.15, -0.1) is 4.48 Å². The number of nitrogens with one attached hydrogen (secondary N) is 1. The summed E-state index contributed by atoms with van der Waals surface area (Å²) in [5.74, 6) is -0.348. The lowest BCUT2D eigenvalue weighted by atomic mass is 9.99. The van der Waals surface area contributed by atoms with Crippen molar-refractivity contribution in [1.82, 2.24) is 15.3 Å². The van der Waals surface area contributed by atoms with Crippen LogP contribution >= 0.6 is 0 Å². The van der Waals surface area contributed by atoms with Gasteiger partial charge in [-0.2, -0.15) is 14.8 Å². The van der Waals surface area contributed by atoms with Crippen molar-refractivity contribution >= 4 is 23.8 Å². The maximum atomic E-state index is 14.0. The molecule has 4 rings (SSSR count). The van der Waals surface area contributed by atoms with E-state index < -0.39 is 11.7 Å². The number of carbonyl (C=O) groups excluding carboxylic acids is 1. The van der Waals surface area contributed by atoms with E-state index in [4.69, 9.17) is 14.5 Å². The lowest BCUT2D eigenvalue weighted by Gasteiger charge is -2.39. The summed E-state index contributed by atoms with van der Waals surface area (Å²) in [5, 5.41) is 3.37. The third kappa shape index (κ3) is 5.26. The zero-order valence-electron chi connectivity index (χ0n) is 20.9. The Bertz CT molecular complexity index is 1130. The topological polar surface area (TPSA) is 85.7 Å². The molecule has 3 heterocycles. The van der Waals surface area contributed by atoms with Crippen molar-refractivity contribution in [3.05, 3.63) is 53.6 Å². The fraction of sp³-hybridized carbons (Fsp3) is 0.462. The smallest absolute Gasteiger partial charge is 0.461 e. The van der Waals surface area contributed by atoms with Crippen LogP contribution in [0.5, 0.6) is 6.01 Å². The second-order valence-electron chi connectivity index (χ2n) is 10.1. The molecule has 1 N–H and O–H groups in total. The molecule has 1 amide bonds. The standard InChI is InChI=1S/C26H33FN5O3/c1-17(2)34-24-29-15-12-21(31-24)23-22(18-6-8-19(27)9-7-18)30-16-32(23,20-10-13-28-14-11-20)25(33)35-26(3,4)5/h6-9,12,15-17,20,28H,10-11,13-14H2,1-5H3/q+1. The molecular weight excluding hydrogens is 449 g/mol. The Morgan fingerprint density at radius 3 is 2.46 bits per heavy atom. The highest BCUT2D eigenvalue weighted by Crippen LogP contribution is 2.44. The predicted molar refractivity (Wildman–Crippen MR) is 132 cm³/mol. The normalized spacial score (nSPS) is 21.0. The van der Waals surface area contributed by atoms with Crippen molar-refractivity contribution in [3.63, 3.8) is 0 Å². The van der Waals surface area contributed by atoms with E-state index in [1.807, 2.05) is 34.6 Å². The minimum atomic E-state index is -0.704. The molecule has 9 heteroatoms. The summed E-state index contributed by atoms with van der Waals surface area (Å²) in [6.45, 7) is 10.9. The van der Waals surface area contributed by atoms with Crippen molar-refractivity contribution in [2.24, 2.45) is 4.99 Å². The molecule has 1 fully saturated rings. The van der Waals surface area contributed by atoms with E-state index in [0.29, 0.717) is 22.7 Å². The summed E-state index contributed by atoms with van der Waals surface area (Å²) in [6, 6.07) is 7.93. The molecule has 0 saturated carbocycles.